The van der Waals surface area contributed by atoms with Gasteiger partial charge in [-0.25, -0.2) is 0 Å². The minimum Gasteiger partial charge on any atom is -0.496 e. The lowest BCUT2D eigenvalue weighted by Gasteiger charge is -2.14. The first-order valence-electron chi connectivity index (χ1n) is 6.47. The molecule has 0 saturated heterocycles. The molecule has 0 aliphatic rings. The fraction of sp³-hybridized carbons (Fsp3) is 0.250. The summed E-state index contributed by atoms with van der Waals surface area (Å²) in [5, 5.41) is 2.95. The topological polar surface area (TPSA) is 51.2 Å². The summed E-state index contributed by atoms with van der Waals surface area (Å²) in [6.45, 7) is 3.87. The number of benzene rings is 1. The van der Waals surface area contributed by atoms with Crippen molar-refractivity contribution in [3.8, 4) is 5.75 Å². The summed E-state index contributed by atoms with van der Waals surface area (Å²) in [4.78, 5) is 16.3. The van der Waals surface area contributed by atoms with E-state index >= 15 is 0 Å². The largest absolute Gasteiger partial charge is 0.496 e. The van der Waals surface area contributed by atoms with Crippen LogP contribution >= 0.6 is 0 Å². The zero-order valence-electron chi connectivity index (χ0n) is 11.9. The first kappa shape index (κ1) is 14.1. The summed E-state index contributed by atoms with van der Waals surface area (Å²) in [6.07, 6.45) is 3.46. The molecule has 0 aliphatic heterocycles. The van der Waals surface area contributed by atoms with Crippen LogP contribution in [0.5, 0.6) is 5.75 Å². The molecule has 104 valence electrons. The van der Waals surface area contributed by atoms with Crippen LogP contribution in [-0.4, -0.2) is 18.0 Å². The van der Waals surface area contributed by atoms with Crippen LogP contribution in [0, 0.1) is 6.92 Å². The number of hydrogen-bond donors (Lipinski definition) is 1. The van der Waals surface area contributed by atoms with E-state index in [9.17, 15) is 4.79 Å². The number of nitrogens with one attached hydrogen (secondary N) is 1. The average molecular weight is 270 g/mol. The molecule has 0 bridgehead atoms. The van der Waals surface area contributed by atoms with Crippen molar-refractivity contribution in [3.63, 3.8) is 0 Å². The smallest absolute Gasteiger partial charge is 0.251 e. The van der Waals surface area contributed by atoms with Crippen LogP contribution in [0.4, 0.5) is 0 Å². The van der Waals surface area contributed by atoms with Crippen molar-refractivity contribution in [3.05, 3.63) is 59.4 Å². The zero-order chi connectivity index (χ0) is 14.5. The van der Waals surface area contributed by atoms with Crippen molar-refractivity contribution < 1.29 is 9.53 Å². The Morgan fingerprint density at radius 1 is 1.35 bits per heavy atom. The molecule has 1 aromatic carbocycles. The van der Waals surface area contributed by atoms with Crippen molar-refractivity contribution in [1.82, 2.24) is 10.3 Å². The van der Waals surface area contributed by atoms with Gasteiger partial charge in [-0.3, -0.25) is 9.78 Å². The Bertz CT molecular complexity index is 597. The van der Waals surface area contributed by atoms with Crippen LogP contribution in [0.1, 0.15) is 34.5 Å². The highest BCUT2D eigenvalue weighted by Crippen LogP contribution is 2.19. The molecule has 0 fully saturated rings. The number of methoxy groups -OCH3 is 1. The van der Waals surface area contributed by atoms with E-state index in [1.54, 1.807) is 31.6 Å². The summed E-state index contributed by atoms with van der Waals surface area (Å²) in [6, 6.07) is 9.12. The van der Waals surface area contributed by atoms with E-state index in [0.29, 0.717) is 11.3 Å². The number of aromatic nitrogens is 1. The maximum Gasteiger partial charge on any atom is 0.251 e. The normalized spacial score (nSPS) is 11.8. The Labute approximate surface area is 118 Å². The second kappa shape index (κ2) is 6.19. The van der Waals surface area contributed by atoms with Gasteiger partial charge in [0.1, 0.15) is 5.75 Å². The molecule has 0 spiro atoms. The molecule has 1 amide bonds. The molecule has 0 aliphatic carbocycles. The number of pyridine rings is 1. The van der Waals surface area contributed by atoms with E-state index in [2.05, 4.69) is 10.3 Å². The number of ether oxygens (including phenoxy) is 1. The van der Waals surface area contributed by atoms with Crippen LogP contribution < -0.4 is 10.1 Å². The van der Waals surface area contributed by atoms with Gasteiger partial charge in [0.2, 0.25) is 0 Å². The van der Waals surface area contributed by atoms with E-state index in [0.717, 1.165) is 11.1 Å². The van der Waals surface area contributed by atoms with Crippen LogP contribution in [0.15, 0.2) is 42.7 Å². The third kappa shape index (κ3) is 3.15. The first-order chi connectivity index (χ1) is 9.61. The lowest BCUT2D eigenvalue weighted by molar-refractivity contribution is 0.0939. The van der Waals surface area contributed by atoms with Gasteiger partial charge in [-0.15, -0.1) is 0 Å². The molecule has 2 rings (SSSR count). The second-order valence-electron chi connectivity index (χ2n) is 4.67. The Morgan fingerprint density at radius 3 is 2.80 bits per heavy atom. The zero-order valence-corrected chi connectivity index (χ0v) is 11.9. The van der Waals surface area contributed by atoms with Gasteiger partial charge in [0.25, 0.3) is 5.91 Å². The second-order valence-corrected chi connectivity index (χ2v) is 4.67. The number of rotatable bonds is 4. The average Bonchev–Trinajstić information content (AvgIpc) is 2.48. The Morgan fingerprint density at radius 2 is 2.15 bits per heavy atom. The van der Waals surface area contributed by atoms with Crippen LogP contribution in [0.2, 0.25) is 0 Å². The molecule has 1 aromatic heterocycles. The summed E-state index contributed by atoms with van der Waals surface area (Å²) < 4.78 is 5.24. The maximum absolute atomic E-state index is 12.2. The SMILES string of the molecule is COc1cc(C(=O)NC(C)c2cccnc2)ccc1C. The van der Waals surface area contributed by atoms with E-state index in [-0.39, 0.29) is 11.9 Å². The van der Waals surface area contributed by atoms with Gasteiger partial charge in [-0.2, -0.15) is 0 Å². The molecule has 1 N–H and O–H groups in total. The first-order valence-corrected chi connectivity index (χ1v) is 6.47. The minimum absolute atomic E-state index is 0.0940. The predicted molar refractivity (Wildman–Crippen MR) is 77.8 cm³/mol. The molecule has 4 heteroatoms. The van der Waals surface area contributed by atoms with Gasteiger partial charge in [0, 0.05) is 18.0 Å². The fourth-order valence-corrected chi connectivity index (χ4v) is 1.96. The lowest BCUT2D eigenvalue weighted by atomic mass is 10.1. The van der Waals surface area contributed by atoms with Crippen LogP contribution in [0.3, 0.4) is 0 Å². The molecule has 1 heterocycles. The van der Waals surface area contributed by atoms with Gasteiger partial charge in [-0.05, 0) is 43.2 Å². The number of hydrogen-bond acceptors (Lipinski definition) is 3. The molecule has 1 atom stereocenters. The van der Waals surface area contributed by atoms with Gasteiger partial charge >= 0.3 is 0 Å². The fourth-order valence-electron chi connectivity index (χ4n) is 1.96. The van der Waals surface area contributed by atoms with Gasteiger partial charge in [-0.1, -0.05) is 12.1 Å². The maximum atomic E-state index is 12.2. The van der Waals surface area contributed by atoms with Gasteiger partial charge in [0.15, 0.2) is 0 Å². The Balaban J connectivity index is 2.12. The third-order valence-corrected chi connectivity index (χ3v) is 3.20. The monoisotopic (exact) mass is 270 g/mol. The van der Waals surface area contributed by atoms with Crippen molar-refractivity contribution in [1.29, 1.82) is 0 Å². The highest BCUT2D eigenvalue weighted by molar-refractivity contribution is 5.95. The van der Waals surface area contributed by atoms with Gasteiger partial charge < -0.3 is 10.1 Å². The molecule has 1 unspecified atom stereocenters. The summed E-state index contributed by atoms with van der Waals surface area (Å²) in [5.74, 6) is 0.589. The van der Waals surface area contributed by atoms with Crippen molar-refractivity contribution >= 4 is 5.91 Å². The van der Waals surface area contributed by atoms with E-state index < -0.39 is 0 Å². The quantitative estimate of drug-likeness (QED) is 0.929. The summed E-state index contributed by atoms with van der Waals surface area (Å²) >= 11 is 0. The number of aryl methyl sites for hydroxylation is 1. The Kier molecular flexibility index (Phi) is 4.35. The predicted octanol–water partition coefficient (Wildman–Crippen LogP) is 2.89. The number of amides is 1. The van der Waals surface area contributed by atoms with E-state index in [1.165, 1.54) is 0 Å². The minimum atomic E-state index is -0.125. The molecule has 0 radical (unpaired) electrons. The van der Waals surface area contributed by atoms with Gasteiger partial charge in [0.05, 0.1) is 13.2 Å². The molecular formula is C16H18N2O2. The highest BCUT2D eigenvalue weighted by Gasteiger charge is 2.12. The molecule has 20 heavy (non-hydrogen) atoms. The highest BCUT2D eigenvalue weighted by atomic mass is 16.5. The van der Waals surface area contributed by atoms with Crippen molar-refractivity contribution in [2.45, 2.75) is 19.9 Å². The van der Waals surface area contributed by atoms with E-state index in [1.807, 2.05) is 32.0 Å². The lowest BCUT2D eigenvalue weighted by Crippen LogP contribution is -2.26. The summed E-state index contributed by atoms with van der Waals surface area (Å²) in [5.41, 5.74) is 2.56. The summed E-state index contributed by atoms with van der Waals surface area (Å²) in [7, 11) is 1.60. The van der Waals surface area contributed by atoms with E-state index in [4.69, 9.17) is 4.74 Å². The molecule has 4 nitrogen and oxygen atoms in total. The number of nitrogens with zero attached hydrogens (tertiary/aromatic N) is 1. The van der Waals surface area contributed by atoms with Crippen LogP contribution in [-0.2, 0) is 0 Å². The van der Waals surface area contributed by atoms with Crippen molar-refractivity contribution in [2.24, 2.45) is 0 Å². The number of carbonyl (C=O) groups is 1. The standard InChI is InChI=1S/C16H18N2O2/c1-11-6-7-13(9-15(11)20-3)16(19)18-12(2)14-5-4-8-17-10-14/h4-10,12H,1-3H3,(H,18,19). The van der Waals surface area contributed by atoms with Crippen LogP contribution in [0.25, 0.3) is 0 Å². The molecular weight excluding hydrogens is 252 g/mol. The van der Waals surface area contributed by atoms with Crippen molar-refractivity contribution in [2.75, 3.05) is 7.11 Å². The number of carbonyl (C=O) groups excluding carboxylic acids is 1. The Hall–Kier alpha value is -2.36. The molecule has 2 aromatic rings. The molecule has 0 saturated carbocycles. The third-order valence-electron chi connectivity index (χ3n) is 3.20.